The lowest BCUT2D eigenvalue weighted by Crippen LogP contribution is -2.32. The average Bonchev–Trinajstić information content (AvgIpc) is 2.56. The second-order valence-corrected chi connectivity index (χ2v) is 7.77. The Morgan fingerprint density at radius 1 is 0.720 bits per heavy atom. The molecule has 0 spiro atoms. The number of unbranched alkanes of at least 4 members (excludes halogenated alkanes) is 14. The van der Waals surface area contributed by atoms with Gasteiger partial charge in [-0.05, 0) is 26.9 Å². The fourth-order valence-electron chi connectivity index (χ4n) is 3.30. The van der Waals surface area contributed by atoms with Crippen LogP contribution in [0.4, 0.5) is 0 Å². The molecule has 0 aliphatic rings. The largest absolute Gasteiger partial charge is 0.447 e. The SMILES string of the molecule is CCCCCCCCCCCCCCCCCC(OC(C)=O)N(C)C. The third-order valence-corrected chi connectivity index (χ3v) is 4.93. The molecule has 0 fully saturated rings. The summed E-state index contributed by atoms with van der Waals surface area (Å²) < 4.78 is 5.32. The molecule has 0 aromatic rings. The lowest BCUT2D eigenvalue weighted by atomic mass is 10.0. The highest BCUT2D eigenvalue weighted by molar-refractivity contribution is 5.66. The normalized spacial score (nSPS) is 12.5. The first kappa shape index (κ1) is 24.4. The summed E-state index contributed by atoms with van der Waals surface area (Å²) in [6.07, 6.45) is 21.6. The first-order valence-electron chi connectivity index (χ1n) is 10.9. The van der Waals surface area contributed by atoms with Gasteiger partial charge in [0, 0.05) is 6.92 Å². The van der Waals surface area contributed by atoms with Gasteiger partial charge < -0.3 is 4.74 Å². The van der Waals surface area contributed by atoms with Crippen LogP contribution in [0.2, 0.25) is 0 Å². The van der Waals surface area contributed by atoms with Crippen molar-refractivity contribution in [1.29, 1.82) is 0 Å². The zero-order chi connectivity index (χ0) is 18.8. The van der Waals surface area contributed by atoms with E-state index < -0.39 is 0 Å². The van der Waals surface area contributed by atoms with Crippen LogP contribution in [0.15, 0.2) is 0 Å². The molecule has 0 aromatic heterocycles. The smallest absolute Gasteiger partial charge is 0.304 e. The van der Waals surface area contributed by atoms with Gasteiger partial charge >= 0.3 is 5.97 Å². The van der Waals surface area contributed by atoms with E-state index in [1.54, 1.807) is 0 Å². The number of hydrogen-bond donors (Lipinski definition) is 0. The molecule has 0 saturated carbocycles. The van der Waals surface area contributed by atoms with E-state index in [2.05, 4.69) is 6.92 Å². The van der Waals surface area contributed by atoms with Crippen molar-refractivity contribution in [2.24, 2.45) is 0 Å². The molecular formula is C22H45NO2. The fraction of sp³-hybridized carbons (Fsp3) is 0.955. The molecule has 0 amide bonds. The monoisotopic (exact) mass is 355 g/mol. The van der Waals surface area contributed by atoms with Crippen LogP contribution in [-0.2, 0) is 9.53 Å². The van der Waals surface area contributed by atoms with Crippen molar-refractivity contribution >= 4 is 5.97 Å². The van der Waals surface area contributed by atoms with E-state index in [9.17, 15) is 4.79 Å². The summed E-state index contributed by atoms with van der Waals surface area (Å²) in [5.41, 5.74) is 0. The van der Waals surface area contributed by atoms with Crippen molar-refractivity contribution in [2.75, 3.05) is 14.1 Å². The van der Waals surface area contributed by atoms with Crippen LogP contribution in [0.5, 0.6) is 0 Å². The quantitative estimate of drug-likeness (QED) is 0.156. The summed E-state index contributed by atoms with van der Waals surface area (Å²) in [5, 5.41) is 0. The highest BCUT2D eigenvalue weighted by Crippen LogP contribution is 2.15. The third kappa shape index (κ3) is 18.0. The van der Waals surface area contributed by atoms with E-state index in [4.69, 9.17) is 4.74 Å². The van der Waals surface area contributed by atoms with Crippen LogP contribution in [0, 0.1) is 0 Å². The number of hydrogen-bond acceptors (Lipinski definition) is 3. The highest BCUT2D eigenvalue weighted by atomic mass is 16.6. The maximum absolute atomic E-state index is 11.1. The molecule has 0 aliphatic carbocycles. The van der Waals surface area contributed by atoms with Gasteiger partial charge in [0.25, 0.3) is 0 Å². The second kappa shape index (κ2) is 18.2. The lowest BCUT2D eigenvalue weighted by molar-refractivity contribution is -0.154. The number of nitrogens with zero attached hydrogens (tertiary/aromatic N) is 1. The molecule has 0 saturated heterocycles. The number of carbonyl (C=O) groups is 1. The minimum Gasteiger partial charge on any atom is -0.447 e. The van der Waals surface area contributed by atoms with Crippen molar-refractivity contribution in [3.63, 3.8) is 0 Å². The third-order valence-electron chi connectivity index (χ3n) is 4.93. The number of carbonyl (C=O) groups excluding carboxylic acids is 1. The number of ether oxygens (including phenoxy) is 1. The molecule has 25 heavy (non-hydrogen) atoms. The van der Waals surface area contributed by atoms with Gasteiger partial charge in [0.15, 0.2) is 6.23 Å². The lowest BCUT2D eigenvalue weighted by Gasteiger charge is -2.23. The molecule has 0 radical (unpaired) electrons. The first-order chi connectivity index (χ1) is 12.1. The Kier molecular flexibility index (Phi) is 17.8. The minimum absolute atomic E-state index is 0.0560. The Morgan fingerprint density at radius 2 is 1.08 bits per heavy atom. The van der Waals surface area contributed by atoms with Gasteiger partial charge in [0.05, 0.1) is 0 Å². The van der Waals surface area contributed by atoms with Crippen LogP contribution >= 0.6 is 0 Å². The van der Waals surface area contributed by atoms with E-state index >= 15 is 0 Å². The maximum atomic E-state index is 11.1. The average molecular weight is 356 g/mol. The van der Waals surface area contributed by atoms with Gasteiger partial charge in [0.1, 0.15) is 0 Å². The molecule has 1 unspecified atom stereocenters. The molecule has 3 nitrogen and oxygen atoms in total. The Balaban J connectivity index is 3.26. The zero-order valence-corrected chi connectivity index (χ0v) is 17.7. The minimum atomic E-state index is -0.181. The summed E-state index contributed by atoms with van der Waals surface area (Å²) in [5.74, 6) is -0.181. The van der Waals surface area contributed by atoms with Crippen molar-refractivity contribution in [3.8, 4) is 0 Å². The molecule has 3 heteroatoms. The second-order valence-electron chi connectivity index (χ2n) is 7.77. The van der Waals surface area contributed by atoms with Crippen molar-refractivity contribution in [2.45, 2.75) is 123 Å². The van der Waals surface area contributed by atoms with E-state index in [0.29, 0.717) is 0 Å². The van der Waals surface area contributed by atoms with E-state index in [0.717, 1.165) is 12.8 Å². The van der Waals surface area contributed by atoms with Gasteiger partial charge in [-0.25, -0.2) is 0 Å². The van der Waals surface area contributed by atoms with Crippen molar-refractivity contribution in [3.05, 3.63) is 0 Å². The van der Waals surface area contributed by atoms with Gasteiger partial charge in [-0.15, -0.1) is 0 Å². The van der Waals surface area contributed by atoms with Crippen LogP contribution in [0.3, 0.4) is 0 Å². The molecule has 1 atom stereocenters. The Morgan fingerprint density at radius 3 is 1.40 bits per heavy atom. The van der Waals surface area contributed by atoms with Gasteiger partial charge in [-0.1, -0.05) is 96.8 Å². The molecule has 0 N–H and O–H groups in total. The summed E-state index contributed by atoms with van der Waals surface area (Å²) in [6.45, 7) is 3.77. The Bertz CT molecular complexity index is 292. The molecule has 150 valence electrons. The number of esters is 1. The molecule has 0 rings (SSSR count). The van der Waals surface area contributed by atoms with E-state index in [-0.39, 0.29) is 12.2 Å². The van der Waals surface area contributed by atoms with Crippen LogP contribution in [0.1, 0.15) is 117 Å². The van der Waals surface area contributed by atoms with Crippen LogP contribution in [0.25, 0.3) is 0 Å². The summed E-state index contributed by atoms with van der Waals surface area (Å²) in [4.78, 5) is 13.1. The predicted molar refractivity (Wildman–Crippen MR) is 109 cm³/mol. The van der Waals surface area contributed by atoms with Crippen molar-refractivity contribution < 1.29 is 9.53 Å². The maximum Gasteiger partial charge on any atom is 0.304 e. The van der Waals surface area contributed by atoms with Gasteiger partial charge in [-0.2, -0.15) is 0 Å². The number of rotatable bonds is 18. The highest BCUT2D eigenvalue weighted by Gasteiger charge is 2.13. The first-order valence-corrected chi connectivity index (χ1v) is 10.9. The Labute approximate surface area is 157 Å². The molecule has 0 aromatic carbocycles. The summed E-state index contributed by atoms with van der Waals surface area (Å²) in [7, 11) is 3.94. The van der Waals surface area contributed by atoms with Gasteiger partial charge in [0.2, 0.25) is 0 Å². The summed E-state index contributed by atoms with van der Waals surface area (Å²) >= 11 is 0. The topological polar surface area (TPSA) is 29.5 Å². The molecular weight excluding hydrogens is 310 g/mol. The van der Waals surface area contributed by atoms with Gasteiger partial charge in [-0.3, -0.25) is 9.69 Å². The molecule has 0 bridgehead atoms. The zero-order valence-electron chi connectivity index (χ0n) is 17.7. The fourth-order valence-corrected chi connectivity index (χ4v) is 3.30. The van der Waals surface area contributed by atoms with E-state index in [1.165, 1.54) is 96.8 Å². The molecule has 0 aliphatic heterocycles. The molecule has 0 heterocycles. The van der Waals surface area contributed by atoms with Crippen LogP contribution < -0.4 is 0 Å². The standard InChI is InChI=1S/C22H45NO2/c1-5-6-7-8-9-10-11-12-13-14-15-16-17-18-19-20-22(23(3)4)25-21(2)24/h22H,5-20H2,1-4H3. The summed E-state index contributed by atoms with van der Waals surface area (Å²) in [6, 6.07) is 0. The van der Waals surface area contributed by atoms with E-state index in [1.807, 2.05) is 19.0 Å². The van der Waals surface area contributed by atoms with Crippen molar-refractivity contribution in [1.82, 2.24) is 4.90 Å². The van der Waals surface area contributed by atoms with Crippen LogP contribution in [-0.4, -0.2) is 31.2 Å². The predicted octanol–water partition coefficient (Wildman–Crippen LogP) is 6.70. The Hall–Kier alpha value is -0.570.